The highest BCUT2D eigenvalue weighted by molar-refractivity contribution is 5.85. The molecule has 5 N–H and O–H groups in total. The van der Waals surface area contributed by atoms with Crippen molar-refractivity contribution in [3.05, 3.63) is 35.9 Å². The summed E-state index contributed by atoms with van der Waals surface area (Å²) in [5.74, 6) is -0.744. The molecule has 124 valence electrons. The van der Waals surface area contributed by atoms with Crippen LogP contribution >= 0.6 is 0 Å². The Hall–Kier alpha value is -2.00. The molecule has 8 heteroatoms. The number of amides is 2. The number of hydrogen-bond donors (Lipinski definition) is 4. The van der Waals surface area contributed by atoms with Crippen LogP contribution in [0.3, 0.4) is 0 Å². The van der Waals surface area contributed by atoms with Crippen molar-refractivity contribution in [2.24, 2.45) is 5.73 Å². The van der Waals surface area contributed by atoms with Crippen LogP contribution in [-0.2, 0) is 21.0 Å². The van der Waals surface area contributed by atoms with E-state index >= 15 is 0 Å². The van der Waals surface area contributed by atoms with Gasteiger partial charge in [-0.25, -0.2) is 5.01 Å². The van der Waals surface area contributed by atoms with Gasteiger partial charge >= 0.3 is 0 Å². The fourth-order valence-electron chi connectivity index (χ4n) is 2.77. The quantitative estimate of drug-likeness (QED) is 0.534. The van der Waals surface area contributed by atoms with Gasteiger partial charge in [0.25, 0.3) is 0 Å². The smallest absolute Gasteiger partial charge is 0.248 e. The highest BCUT2D eigenvalue weighted by Crippen LogP contribution is 2.11. The fourth-order valence-corrected chi connectivity index (χ4v) is 2.77. The summed E-state index contributed by atoms with van der Waals surface area (Å²) in [5.41, 5.74) is 12.2. The first-order valence-electron chi connectivity index (χ1n) is 7.65. The van der Waals surface area contributed by atoms with Crippen LogP contribution in [0.1, 0.15) is 12.0 Å². The van der Waals surface area contributed by atoms with Gasteiger partial charge in [-0.15, -0.1) is 0 Å². The lowest BCUT2D eigenvalue weighted by atomic mass is 10.1. The molecule has 0 aromatic heterocycles. The third kappa shape index (κ3) is 4.05. The normalized spacial score (nSPS) is 27.9. The Morgan fingerprint density at radius 2 is 2.13 bits per heavy atom. The van der Waals surface area contributed by atoms with Gasteiger partial charge in [0.15, 0.2) is 6.10 Å². The Morgan fingerprint density at radius 1 is 1.35 bits per heavy atom. The number of hydrazine groups is 1. The number of carbonyl (C=O) groups is 2. The van der Waals surface area contributed by atoms with Gasteiger partial charge in [-0.2, -0.15) is 5.48 Å². The monoisotopic (exact) mass is 319 g/mol. The van der Waals surface area contributed by atoms with Crippen LogP contribution in [0.5, 0.6) is 0 Å². The molecule has 2 heterocycles. The maximum atomic E-state index is 12.2. The van der Waals surface area contributed by atoms with Crippen LogP contribution in [-0.4, -0.2) is 48.1 Å². The van der Waals surface area contributed by atoms with Gasteiger partial charge in [0.05, 0.1) is 6.04 Å². The second kappa shape index (κ2) is 7.05. The van der Waals surface area contributed by atoms with Gasteiger partial charge in [-0.1, -0.05) is 30.3 Å². The summed E-state index contributed by atoms with van der Waals surface area (Å²) in [5, 5.41) is 5.03. The summed E-state index contributed by atoms with van der Waals surface area (Å²) in [7, 11) is 0. The molecule has 3 atom stereocenters. The Kier molecular flexibility index (Phi) is 4.87. The minimum absolute atomic E-state index is 0.0145. The molecule has 2 aliphatic rings. The van der Waals surface area contributed by atoms with Crippen LogP contribution in [0.4, 0.5) is 0 Å². The topological polar surface area (TPSA) is 109 Å². The van der Waals surface area contributed by atoms with Crippen molar-refractivity contribution < 1.29 is 14.4 Å². The molecule has 2 fully saturated rings. The number of nitrogens with two attached hydrogens (primary N) is 1. The van der Waals surface area contributed by atoms with E-state index in [2.05, 4.69) is 33.4 Å². The highest BCUT2D eigenvalue weighted by atomic mass is 16.7. The molecule has 0 bridgehead atoms. The van der Waals surface area contributed by atoms with E-state index in [1.54, 1.807) is 0 Å². The minimum atomic E-state index is -0.748. The third-order valence-corrected chi connectivity index (χ3v) is 4.00. The average molecular weight is 319 g/mol. The largest absolute Gasteiger partial charge is 0.367 e. The summed E-state index contributed by atoms with van der Waals surface area (Å²) >= 11 is 0. The SMILES string of the molecule is NC(=O)C1CC(C(=O)NC2CNN(Cc3ccccc3)C2)NO1. The average Bonchev–Trinajstić information content (AvgIpc) is 3.18. The number of nitrogens with one attached hydrogen (secondary N) is 3. The molecule has 1 aromatic rings. The second-order valence-corrected chi connectivity index (χ2v) is 5.85. The van der Waals surface area contributed by atoms with Crippen LogP contribution in [0.15, 0.2) is 30.3 Å². The second-order valence-electron chi connectivity index (χ2n) is 5.85. The van der Waals surface area contributed by atoms with E-state index in [1.165, 1.54) is 5.56 Å². The Labute approximate surface area is 134 Å². The van der Waals surface area contributed by atoms with Crippen LogP contribution in [0, 0.1) is 0 Å². The molecule has 2 aliphatic heterocycles. The highest BCUT2D eigenvalue weighted by Gasteiger charge is 2.35. The van der Waals surface area contributed by atoms with E-state index in [9.17, 15) is 9.59 Å². The standard InChI is InChI=1S/C15H21N5O3/c16-14(21)13-6-12(19-23-13)15(22)18-11-7-17-20(9-11)8-10-4-2-1-3-5-10/h1-5,11-13,17,19H,6-9H2,(H2,16,21)(H,18,22). The van der Waals surface area contributed by atoms with Crippen LogP contribution < -0.4 is 22.0 Å². The number of carbonyl (C=O) groups excluding carboxylic acids is 2. The van der Waals surface area contributed by atoms with Crippen molar-refractivity contribution in [1.82, 2.24) is 21.2 Å². The molecule has 2 saturated heterocycles. The number of nitrogens with zero attached hydrogens (tertiary/aromatic N) is 1. The Bertz CT molecular complexity index is 567. The van der Waals surface area contributed by atoms with E-state index in [0.717, 1.165) is 6.54 Å². The van der Waals surface area contributed by atoms with Crippen molar-refractivity contribution in [2.45, 2.75) is 31.2 Å². The lowest BCUT2D eigenvalue weighted by Gasteiger charge is -2.17. The molecule has 3 rings (SSSR count). The molecule has 0 saturated carbocycles. The maximum absolute atomic E-state index is 12.2. The van der Waals surface area contributed by atoms with Gasteiger partial charge < -0.3 is 11.1 Å². The van der Waals surface area contributed by atoms with Gasteiger partial charge in [0.1, 0.15) is 6.04 Å². The zero-order chi connectivity index (χ0) is 16.2. The molecule has 8 nitrogen and oxygen atoms in total. The Balaban J connectivity index is 1.45. The summed E-state index contributed by atoms with van der Waals surface area (Å²) < 4.78 is 0. The molecule has 0 aliphatic carbocycles. The van der Waals surface area contributed by atoms with Crippen molar-refractivity contribution >= 4 is 11.8 Å². The van der Waals surface area contributed by atoms with Gasteiger partial charge in [-0.05, 0) is 5.56 Å². The summed E-state index contributed by atoms with van der Waals surface area (Å²) in [6.07, 6.45) is -0.489. The van der Waals surface area contributed by atoms with Gasteiger partial charge in [0.2, 0.25) is 11.8 Å². The third-order valence-electron chi connectivity index (χ3n) is 4.00. The first kappa shape index (κ1) is 15.9. The van der Waals surface area contributed by atoms with Crippen molar-refractivity contribution in [3.63, 3.8) is 0 Å². The van der Waals surface area contributed by atoms with Gasteiger partial charge in [0, 0.05) is 26.1 Å². The predicted octanol–water partition coefficient (Wildman–Crippen LogP) is -1.36. The molecule has 0 spiro atoms. The molecule has 1 aromatic carbocycles. The molecular weight excluding hydrogens is 298 g/mol. The summed E-state index contributed by atoms with van der Waals surface area (Å²) in [4.78, 5) is 28.2. The van der Waals surface area contributed by atoms with Crippen LogP contribution in [0.25, 0.3) is 0 Å². The molecule has 3 unspecified atom stereocenters. The molecule has 0 radical (unpaired) electrons. The lowest BCUT2D eigenvalue weighted by Crippen LogP contribution is -2.47. The van der Waals surface area contributed by atoms with Crippen molar-refractivity contribution in [1.29, 1.82) is 0 Å². The number of hydroxylamine groups is 1. The fraction of sp³-hybridized carbons (Fsp3) is 0.467. The van der Waals surface area contributed by atoms with Crippen molar-refractivity contribution in [3.8, 4) is 0 Å². The molecule has 2 amide bonds. The van der Waals surface area contributed by atoms with E-state index in [1.807, 2.05) is 18.2 Å². The van der Waals surface area contributed by atoms with E-state index in [0.29, 0.717) is 13.1 Å². The number of rotatable bonds is 5. The van der Waals surface area contributed by atoms with E-state index in [4.69, 9.17) is 10.6 Å². The molecule has 23 heavy (non-hydrogen) atoms. The molecular formula is C15H21N5O3. The summed E-state index contributed by atoms with van der Waals surface area (Å²) in [6.45, 7) is 2.17. The maximum Gasteiger partial charge on any atom is 0.248 e. The van der Waals surface area contributed by atoms with Crippen LogP contribution in [0.2, 0.25) is 0 Å². The first-order chi connectivity index (χ1) is 11.1. The lowest BCUT2D eigenvalue weighted by molar-refractivity contribution is -0.131. The first-order valence-corrected chi connectivity index (χ1v) is 7.65. The number of benzene rings is 1. The Morgan fingerprint density at radius 3 is 2.83 bits per heavy atom. The van der Waals surface area contributed by atoms with Gasteiger partial charge in [-0.3, -0.25) is 19.9 Å². The van der Waals surface area contributed by atoms with Crippen molar-refractivity contribution in [2.75, 3.05) is 13.1 Å². The summed E-state index contributed by atoms with van der Waals surface area (Å²) in [6, 6.07) is 9.60. The number of hydrogen-bond acceptors (Lipinski definition) is 6. The predicted molar refractivity (Wildman–Crippen MR) is 82.4 cm³/mol. The van der Waals surface area contributed by atoms with E-state index in [-0.39, 0.29) is 18.4 Å². The zero-order valence-electron chi connectivity index (χ0n) is 12.7. The number of primary amides is 1. The zero-order valence-corrected chi connectivity index (χ0v) is 12.7. The minimum Gasteiger partial charge on any atom is -0.367 e. The van der Waals surface area contributed by atoms with E-state index < -0.39 is 18.1 Å².